The highest BCUT2D eigenvalue weighted by atomic mass is 19.1. The van der Waals surface area contributed by atoms with Crippen molar-refractivity contribution in [3.05, 3.63) is 46.7 Å². The molecule has 1 atom stereocenters. The fourth-order valence-electron chi connectivity index (χ4n) is 2.87. The summed E-state index contributed by atoms with van der Waals surface area (Å²) in [5.41, 5.74) is 0.622. The van der Waals surface area contributed by atoms with Crippen LogP contribution >= 0.6 is 0 Å². The molecule has 0 aromatic heterocycles. The van der Waals surface area contributed by atoms with E-state index in [2.05, 4.69) is 5.32 Å². The van der Waals surface area contributed by atoms with E-state index in [-0.39, 0.29) is 17.2 Å². The normalized spacial score (nSPS) is 21.3. The largest absolute Gasteiger partial charge is 0.466 e. The molecule has 0 radical (unpaired) electrons. The summed E-state index contributed by atoms with van der Waals surface area (Å²) >= 11 is 0. The van der Waals surface area contributed by atoms with Crippen molar-refractivity contribution in [1.29, 1.82) is 0 Å². The number of allylic oxidation sites excluding steroid dienone is 1. The van der Waals surface area contributed by atoms with E-state index in [9.17, 15) is 18.4 Å². The predicted molar refractivity (Wildman–Crippen MR) is 77.2 cm³/mol. The Bertz CT molecular complexity index is 713. The lowest BCUT2D eigenvalue weighted by atomic mass is 9.94. The average Bonchev–Trinajstić information content (AvgIpc) is 3.31. The van der Waals surface area contributed by atoms with Crippen LogP contribution in [0.3, 0.4) is 0 Å². The van der Waals surface area contributed by atoms with Crippen LogP contribution in [0, 0.1) is 11.6 Å². The van der Waals surface area contributed by atoms with Crippen LogP contribution in [-0.4, -0.2) is 30.1 Å². The number of rotatable bonds is 3. The monoisotopic (exact) mass is 322 g/mol. The number of halogens is 2. The highest BCUT2D eigenvalue weighted by Crippen LogP contribution is 2.38. The molecule has 3 rings (SSSR count). The van der Waals surface area contributed by atoms with Gasteiger partial charge >= 0.3 is 12.0 Å². The van der Waals surface area contributed by atoms with Gasteiger partial charge in [-0.25, -0.2) is 18.4 Å². The Hall–Kier alpha value is -2.44. The van der Waals surface area contributed by atoms with Gasteiger partial charge in [0.15, 0.2) is 0 Å². The predicted octanol–water partition coefficient (Wildman–Crippen LogP) is 2.64. The summed E-state index contributed by atoms with van der Waals surface area (Å²) in [6.45, 7) is 1.64. The Balaban J connectivity index is 2.11. The number of hydrogen-bond acceptors (Lipinski definition) is 3. The molecular formula is C16H16F2N2O3. The van der Waals surface area contributed by atoms with Gasteiger partial charge in [0.1, 0.15) is 11.6 Å². The summed E-state index contributed by atoms with van der Waals surface area (Å²) in [6.07, 6.45) is 1.71. The van der Waals surface area contributed by atoms with Crippen molar-refractivity contribution in [2.75, 3.05) is 7.11 Å². The zero-order valence-electron chi connectivity index (χ0n) is 12.7. The van der Waals surface area contributed by atoms with Crippen LogP contribution in [0.4, 0.5) is 13.6 Å². The lowest BCUT2D eigenvalue weighted by molar-refractivity contribution is -0.136. The molecule has 1 fully saturated rings. The van der Waals surface area contributed by atoms with E-state index in [1.807, 2.05) is 0 Å². The van der Waals surface area contributed by atoms with Gasteiger partial charge in [-0.1, -0.05) is 6.07 Å². The number of hydrogen-bond donors (Lipinski definition) is 1. The topological polar surface area (TPSA) is 58.6 Å². The molecule has 1 aliphatic heterocycles. The minimum Gasteiger partial charge on any atom is -0.466 e. The fraction of sp³-hybridized carbons (Fsp3) is 0.375. The lowest BCUT2D eigenvalue weighted by Crippen LogP contribution is -2.49. The number of urea groups is 1. The first-order valence-electron chi connectivity index (χ1n) is 7.27. The Morgan fingerprint density at radius 2 is 2.04 bits per heavy atom. The fourth-order valence-corrected chi connectivity index (χ4v) is 2.87. The molecule has 2 aliphatic rings. The van der Waals surface area contributed by atoms with E-state index < -0.39 is 29.7 Å². The van der Waals surface area contributed by atoms with E-state index in [0.717, 1.165) is 25.0 Å². The summed E-state index contributed by atoms with van der Waals surface area (Å²) in [7, 11) is 1.22. The molecule has 0 saturated heterocycles. The van der Waals surface area contributed by atoms with Gasteiger partial charge in [0.25, 0.3) is 0 Å². The standard InChI is InChI=1S/C16H16F2N2O3/c1-8-13(15(21)23-2)14(11-6-3-9(17)7-12(11)18)19-16(22)20(8)10-4-5-10/h3,6-7,10,14H,4-5H2,1-2H3,(H,19,22)/t14-/m1/s1. The minimum absolute atomic E-state index is 0.0231. The summed E-state index contributed by atoms with van der Waals surface area (Å²) in [6, 6.07) is 1.67. The number of amides is 2. The first-order valence-corrected chi connectivity index (χ1v) is 7.27. The summed E-state index contributed by atoms with van der Waals surface area (Å²) in [5.74, 6) is -2.21. The van der Waals surface area contributed by atoms with Crippen LogP contribution in [0.25, 0.3) is 0 Å². The molecule has 5 nitrogen and oxygen atoms in total. The zero-order chi connectivity index (χ0) is 16.7. The molecule has 1 saturated carbocycles. The average molecular weight is 322 g/mol. The molecule has 1 N–H and O–H groups in total. The molecule has 122 valence electrons. The molecule has 1 aromatic rings. The Labute approximate surface area is 131 Å². The van der Waals surface area contributed by atoms with Crippen LogP contribution in [0.15, 0.2) is 29.5 Å². The smallest absolute Gasteiger partial charge is 0.337 e. The van der Waals surface area contributed by atoms with Crippen molar-refractivity contribution in [1.82, 2.24) is 10.2 Å². The SMILES string of the molecule is COC(=O)C1=C(C)N(C2CC2)C(=O)N[C@@H]1c1ccc(F)cc1F. The third-order valence-electron chi connectivity index (χ3n) is 4.12. The highest BCUT2D eigenvalue weighted by Gasteiger charge is 2.43. The molecule has 2 amide bonds. The van der Waals surface area contributed by atoms with Gasteiger partial charge in [-0.15, -0.1) is 0 Å². The van der Waals surface area contributed by atoms with E-state index in [0.29, 0.717) is 5.70 Å². The van der Waals surface area contributed by atoms with E-state index in [1.54, 1.807) is 6.92 Å². The number of esters is 1. The van der Waals surface area contributed by atoms with Crippen molar-refractivity contribution in [3.8, 4) is 0 Å². The second-order valence-corrected chi connectivity index (χ2v) is 5.64. The minimum atomic E-state index is -1.01. The van der Waals surface area contributed by atoms with E-state index in [4.69, 9.17) is 4.74 Å². The number of carbonyl (C=O) groups excluding carboxylic acids is 2. The maximum absolute atomic E-state index is 14.1. The molecule has 0 spiro atoms. The van der Waals surface area contributed by atoms with E-state index >= 15 is 0 Å². The summed E-state index contributed by atoms with van der Waals surface area (Å²) in [5, 5.41) is 2.63. The number of carbonyl (C=O) groups is 2. The van der Waals surface area contributed by atoms with Gasteiger partial charge in [0.05, 0.1) is 18.7 Å². The van der Waals surface area contributed by atoms with Gasteiger partial charge in [-0.3, -0.25) is 4.90 Å². The highest BCUT2D eigenvalue weighted by molar-refractivity contribution is 5.95. The maximum Gasteiger partial charge on any atom is 0.337 e. The second-order valence-electron chi connectivity index (χ2n) is 5.64. The molecule has 0 unspecified atom stereocenters. The third-order valence-corrected chi connectivity index (χ3v) is 4.12. The maximum atomic E-state index is 14.1. The van der Waals surface area contributed by atoms with Crippen molar-refractivity contribution < 1.29 is 23.1 Å². The summed E-state index contributed by atoms with van der Waals surface area (Å²) in [4.78, 5) is 26.0. The first-order chi connectivity index (χ1) is 10.9. The van der Waals surface area contributed by atoms with Crippen LogP contribution < -0.4 is 5.32 Å². The van der Waals surface area contributed by atoms with Gasteiger partial charge in [-0.05, 0) is 25.8 Å². The third kappa shape index (κ3) is 2.67. The second kappa shape index (κ2) is 5.64. The zero-order valence-corrected chi connectivity index (χ0v) is 12.7. The quantitative estimate of drug-likeness (QED) is 0.870. The number of nitrogens with one attached hydrogen (secondary N) is 1. The molecule has 1 aromatic carbocycles. The number of ether oxygens (including phenoxy) is 1. The van der Waals surface area contributed by atoms with Gasteiger partial charge in [-0.2, -0.15) is 0 Å². The van der Waals surface area contributed by atoms with Crippen LogP contribution in [-0.2, 0) is 9.53 Å². The number of benzene rings is 1. The van der Waals surface area contributed by atoms with Crippen LogP contribution in [0.5, 0.6) is 0 Å². The van der Waals surface area contributed by atoms with Crippen molar-refractivity contribution in [2.45, 2.75) is 31.8 Å². The molecule has 1 heterocycles. The molecule has 7 heteroatoms. The lowest BCUT2D eigenvalue weighted by Gasteiger charge is -2.35. The molecule has 1 aliphatic carbocycles. The Morgan fingerprint density at radius 1 is 1.35 bits per heavy atom. The van der Waals surface area contributed by atoms with Gasteiger partial charge in [0, 0.05) is 23.4 Å². The summed E-state index contributed by atoms with van der Waals surface area (Å²) < 4.78 is 32.0. The van der Waals surface area contributed by atoms with Gasteiger partial charge in [0.2, 0.25) is 0 Å². The van der Waals surface area contributed by atoms with Crippen molar-refractivity contribution in [3.63, 3.8) is 0 Å². The first kappa shape index (κ1) is 15.5. The number of nitrogens with zero attached hydrogens (tertiary/aromatic N) is 1. The van der Waals surface area contributed by atoms with Gasteiger partial charge < -0.3 is 10.1 Å². The Kier molecular flexibility index (Phi) is 3.79. The number of methoxy groups -OCH3 is 1. The molecular weight excluding hydrogens is 306 g/mol. The Morgan fingerprint density at radius 3 is 2.61 bits per heavy atom. The van der Waals surface area contributed by atoms with E-state index in [1.165, 1.54) is 18.1 Å². The van der Waals surface area contributed by atoms with Crippen molar-refractivity contribution in [2.24, 2.45) is 0 Å². The molecule has 23 heavy (non-hydrogen) atoms. The van der Waals surface area contributed by atoms with Crippen molar-refractivity contribution >= 4 is 12.0 Å². The van der Waals surface area contributed by atoms with Crippen LogP contribution in [0.2, 0.25) is 0 Å². The molecule has 0 bridgehead atoms. The van der Waals surface area contributed by atoms with Crippen LogP contribution in [0.1, 0.15) is 31.4 Å².